The lowest BCUT2D eigenvalue weighted by atomic mass is 10.1. The molecular weight excluding hydrogens is 234 g/mol. The van der Waals surface area contributed by atoms with Crippen LogP contribution < -0.4 is 11.5 Å². The number of anilines is 2. The molecule has 1 heterocycles. The fourth-order valence-corrected chi connectivity index (χ4v) is 2.37. The first-order valence-electron chi connectivity index (χ1n) is 4.82. The first kappa shape index (κ1) is 11.2. The molecule has 0 saturated heterocycles. The number of carbonyl (C=O) groups excluding carboxylic acids is 1. The summed E-state index contributed by atoms with van der Waals surface area (Å²) < 4.78 is 0. The number of nitrogens with two attached hydrogens (primary N) is 2. The zero-order valence-corrected chi connectivity index (χ0v) is 9.62. The molecule has 0 aliphatic rings. The van der Waals surface area contributed by atoms with Gasteiger partial charge in [0.2, 0.25) is 5.78 Å². The van der Waals surface area contributed by atoms with E-state index in [0.29, 0.717) is 10.4 Å². The average molecular weight is 243 g/mol. The van der Waals surface area contributed by atoms with Crippen LogP contribution in [0.1, 0.15) is 20.8 Å². The van der Waals surface area contributed by atoms with Gasteiger partial charge in [0, 0.05) is 5.56 Å². The maximum absolute atomic E-state index is 12.1. The van der Waals surface area contributed by atoms with Crippen LogP contribution in [0.15, 0.2) is 30.3 Å². The van der Waals surface area contributed by atoms with E-state index in [0.717, 1.165) is 11.3 Å². The Labute approximate surface area is 102 Å². The molecule has 4 nitrogen and oxygen atoms in total. The number of nitrogen functional groups attached to an aromatic ring is 2. The standard InChI is InChI=1S/C12H9N3OS/c13-6-8-9(14)11(17-12(8)15)10(16)7-4-2-1-3-5-7/h1-5H,14-15H2. The third-order valence-corrected chi connectivity index (χ3v) is 3.36. The fourth-order valence-electron chi connectivity index (χ4n) is 1.47. The van der Waals surface area contributed by atoms with Crippen LogP contribution in [0.25, 0.3) is 0 Å². The SMILES string of the molecule is N#Cc1c(N)sc(C(=O)c2ccccc2)c1N. The van der Waals surface area contributed by atoms with E-state index in [9.17, 15) is 4.79 Å². The predicted molar refractivity (Wildman–Crippen MR) is 67.7 cm³/mol. The van der Waals surface area contributed by atoms with Gasteiger partial charge in [-0.2, -0.15) is 5.26 Å². The highest BCUT2D eigenvalue weighted by Crippen LogP contribution is 2.34. The number of ketones is 1. The Hall–Kier alpha value is -2.32. The monoisotopic (exact) mass is 243 g/mol. The van der Waals surface area contributed by atoms with E-state index in [2.05, 4.69) is 0 Å². The predicted octanol–water partition coefficient (Wildman–Crippen LogP) is 2.02. The minimum absolute atomic E-state index is 0.170. The highest BCUT2D eigenvalue weighted by Gasteiger charge is 2.20. The maximum atomic E-state index is 12.1. The van der Waals surface area contributed by atoms with Gasteiger partial charge in [-0.05, 0) is 0 Å². The zero-order chi connectivity index (χ0) is 12.4. The van der Waals surface area contributed by atoms with Crippen LogP contribution in [0.5, 0.6) is 0 Å². The molecule has 84 valence electrons. The van der Waals surface area contributed by atoms with Crippen LogP contribution in [-0.2, 0) is 0 Å². The van der Waals surface area contributed by atoms with Crippen molar-refractivity contribution in [2.75, 3.05) is 11.5 Å². The number of hydrogen-bond acceptors (Lipinski definition) is 5. The molecule has 0 spiro atoms. The number of carbonyl (C=O) groups is 1. The molecule has 2 aromatic rings. The molecule has 0 saturated carbocycles. The summed E-state index contributed by atoms with van der Waals surface area (Å²) in [5.74, 6) is -0.207. The van der Waals surface area contributed by atoms with Crippen molar-refractivity contribution < 1.29 is 4.79 Å². The van der Waals surface area contributed by atoms with E-state index in [1.807, 2.05) is 12.1 Å². The average Bonchev–Trinajstić information content (AvgIpc) is 2.64. The maximum Gasteiger partial charge on any atom is 0.205 e. The van der Waals surface area contributed by atoms with Gasteiger partial charge in [-0.15, -0.1) is 11.3 Å². The van der Waals surface area contributed by atoms with E-state index < -0.39 is 0 Å². The van der Waals surface area contributed by atoms with Gasteiger partial charge in [-0.25, -0.2) is 0 Å². The molecule has 0 amide bonds. The Morgan fingerprint density at radius 1 is 1.24 bits per heavy atom. The molecule has 0 radical (unpaired) electrons. The number of hydrogen-bond donors (Lipinski definition) is 2. The Bertz CT molecular complexity index is 611. The van der Waals surface area contributed by atoms with Gasteiger partial charge in [0.1, 0.15) is 21.5 Å². The van der Waals surface area contributed by atoms with Crippen molar-refractivity contribution in [2.24, 2.45) is 0 Å². The van der Waals surface area contributed by atoms with Gasteiger partial charge < -0.3 is 11.5 Å². The van der Waals surface area contributed by atoms with Crippen molar-refractivity contribution in [2.45, 2.75) is 0 Å². The second-order valence-corrected chi connectivity index (χ2v) is 4.44. The second kappa shape index (κ2) is 4.28. The van der Waals surface area contributed by atoms with Gasteiger partial charge in [-0.1, -0.05) is 30.3 Å². The molecule has 0 atom stereocenters. The van der Waals surface area contributed by atoms with Crippen LogP contribution in [0.3, 0.4) is 0 Å². The molecule has 4 N–H and O–H groups in total. The minimum atomic E-state index is -0.207. The summed E-state index contributed by atoms with van der Waals surface area (Å²) in [6.45, 7) is 0. The van der Waals surface area contributed by atoms with E-state index in [-0.39, 0.29) is 22.0 Å². The topological polar surface area (TPSA) is 92.9 Å². The Morgan fingerprint density at radius 3 is 2.41 bits per heavy atom. The van der Waals surface area contributed by atoms with Crippen molar-refractivity contribution in [1.29, 1.82) is 5.26 Å². The summed E-state index contributed by atoms with van der Waals surface area (Å²) in [6.07, 6.45) is 0. The number of benzene rings is 1. The van der Waals surface area contributed by atoms with E-state index >= 15 is 0 Å². The lowest BCUT2D eigenvalue weighted by molar-refractivity contribution is 0.104. The van der Waals surface area contributed by atoms with Crippen molar-refractivity contribution in [3.63, 3.8) is 0 Å². The van der Waals surface area contributed by atoms with E-state index in [1.165, 1.54) is 0 Å². The molecule has 17 heavy (non-hydrogen) atoms. The van der Waals surface area contributed by atoms with Crippen molar-refractivity contribution in [3.05, 3.63) is 46.3 Å². The van der Waals surface area contributed by atoms with Crippen LogP contribution >= 0.6 is 11.3 Å². The molecule has 0 fully saturated rings. The van der Waals surface area contributed by atoms with E-state index in [1.54, 1.807) is 24.3 Å². The smallest absolute Gasteiger partial charge is 0.205 e. The van der Waals surface area contributed by atoms with E-state index in [4.69, 9.17) is 16.7 Å². The molecular formula is C12H9N3OS. The molecule has 0 bridgehead atoms. The van der Waals surface area contributed by atoms with Crippen molar-refractivity contribution in [1.82, 2.24) is 0 Å². The van der Waals surface area contributed by atoms with Gasteiger partial charge in [0.15, 0.2) is 0 Å². The summed E-state index contributed by atoms with van der Waals surface area (Å²) in [6, 6.07) is 10.7. The molecule has 2 rings (SSSR count). The molecule has 1 aromatic carbocycles. The van der Waals surface area contributed by atoms with Crippen LogP contribution in [0.4, 0.5) is 10.7 Å². The largest absolute Gasteiger partial charge is 0.396 e. The lowest BCUT2D eigenvalue weighted by Crippen LogP contribution is -2.02. The van der Waals surface area contributed by atoms with Crippen LogP contribution in [0, 0.1) is 11.3 Å². The molecule has 1 aromatic heterocycles. The Morgan fingerprint density at radius 2 is 1.88 bits per heavy atom. The molecule has 5 heteroatoms. The normalized spacial score (nSPS) is 9.82. The van der Waals surface area contributed by atoms with Crippen molar-refractivity contribution >= 4 is 27.8 Å². The summed E-state index contributed by atoms with van der Waals surface area (Å²) in [5, 5.41) is 9.13. The first-order valence-corrected chi connectivity index (χ1v) is 5.64. The molecule has 0 aliphatic heterocycles. The third-order valence-electron chi connectivity index (χ3n) is 2.33. The summed E-state index contributed by atoms with van der Waals surface area (Å²) in [7, 11) is 0. The highest BCUT2D eigenvalue weighted by molar-refractivity contribution is 7.18. The quantitative estimate of drug-likeness (QED) is 0.789. The first-order chi connectivity index (χ1) is 8.15. The summed E-state index contributed by atoms with van der Waals surface area (Å²) in [4.78, 5) is 12.4. The number of rotatable bonds is 2. The second-order valence-electron chi connectivity index (χ2n) is 3.39. The summed E-state index contributed by atoms with van der Waals surface area (Å²) in [5.41, 5.74) is 12.3. The fraction of sp³-hybridized carbons (Fsp3) is 0. The zero-order valence-electron chi connectivity index (χ0n) is 8.81. The van der Waals surface area contributed by atoms with Gasteiger partial charge in [0.05, 0.1) is 5.69 Å². The van der Waals surface area contributed by atoms with Crippen LogP contribution in [-0.4, -0.2) is 5.78 Å². The lowest BCUT2D eigenvalue weighted by Gasteiger charge is -1.98. The van der Waals surface area contributed by atoms with Gasteiger partial charge in [0.25, 0.3) is 0 Å². The third kappa shape index (κ3) is 1.86. The minimum Gasteiger partial charge on any atom is -0.396 e. The number of thiophene rings is 1. The summed E-state index contributed by atoms with van der Waals surface area (Å²) >= 11 is 1.05. The Balaban J connectivity index is 2.50. The van der Waals surface area contributed by atoms with Gasteiger partial charge in [-0.3, -0.25) is 4.79 Å². The molecule has 0 unspecified atom stereocenters. The van der Waals surface area contributed by atoms with Gasteiger partial charge >= 0.3 is 0 Å². The number of nitriles is 1. The number of nitrogens with zero attached hydrogens (tertiary/aromatic N) is 1. The van der Waals surface area contributed by atoms with Crippen LogP contribution in [0.2, 0.25) is 0 Å². The molecule has 0 aliphatic carbocycles. The highest BCUT2D eigenvalue weighted by atomic mass is 32.1. The Kier molecular flexibility index (Phi) is 2.81. The van der Waals surface area contributed by atoms with Crippen molar-refractivity contribution in [3.8, 4) is 6.07 Å².